The number of carbonyl (C=O) groups is 3. The normalized spacial score (nSPS) is 8.31. The third-order valence-electron chi connectivity index (χ3n) is 0.811. The molecule has 0 fully saturated rings. The minimum atomic E-state index is -1.19. The largest absolute Gasteiger partial charge is 0.478 e. The van der Waals surface area contributed by atoms with Crippen molar-refractivity contribution in [1.29, 1.82) is 0 Å². The first-order valence-electron chi connectivity index (χ1n) is 3.94. The molecule has 0 aromatic rings. The SMILES string of the molecule is C=COC(=O)/C=C/C(=O)O.C=COC(C)=O. The van der Waals surface area contributed by atoms with Crippen LogP contribution in [0.3, 0.4) is 0 Å². The quantitative estimate of drug-likeness (QED) is 0.438. The lowest BCUT2D eigenvalue weighted by molar-refractivity contribution is -0.135. The van der Waals surface area contributed by atoms with Crippen molar-refractivity contribution in [3.63, 3.8) is 0 Å². The number of hydrogen-bond acceptors (Lipinski definition) is 5. The van der Waals surface area contributed by atoms with Crippen LogP contribution in [0.5, 0.6) is 0 Å². The van der Waals surface area contributed by atoms with E-state index in [2.05, 4.69) is 22.6 Å². The fourth-order valence-electron chi connectivity index (χ4n) is 0.378. The van der Waals surface area contributed by atoms with E-state index in [0.717, 1.165) is 18.6 Å². The number of rotatable bonds is 4. The van der Waals surface area contributed by atoms with E-state index in [9.17, 15) is 14.4 Å². The van der Waals surface area contributed by atoms with Gasteiger partial charge in [0.15, 0.2) is 0 Å². The molecule has 0 aliphatic heterocycles. The van der Waals surface area contributed by atoms with Gasteiger partial charge in [0.25, 0.3) is 0 Å². The molecule has 0 radical (unpaired) electrons. The number of carbonyl (C=O) groups excluding carboxylic acids is 2. The van der Waals surface area contributed by atoms with Gasteiger partial charge in [0.1, 0.15) is 0 Å². The predicted molar refractivity (Wildman–Crippen MR) is 55.0 cm³/mol. The van der Waals surface area contributed by atoms with Gasteiger partial charge in [0, 0.05) is 19.1 Å². The summed E-state index contributed by atoms with van der Waals surface area (Å²) in [5.74, 6) is -2.27. The molecule has 0 aromatic carbocycles. The second-order valence-electron chi connectivity index (χ2n) is 2.05. The van der Waals surface area contributed by atoms with Crippen molar-refractivity contribution in [3.8, 4) is 0 Å². The average Bonchev–Trinajstić information content (AvgIpc) is 2.16. The van der Waals surface area contributed by atoms with Crippen LogP contribution in [0.2, 0.25) is 0 Å². The molecule has 6 heteroatoms. The Morgan fingerprint density at radius 2 is 1.56 bits per heavy atom. The van der Waals surface area contributed by atoms with Gasteiger partial charge in [0.05, 0.1) is 12.5 Å². The van der Waals surface area contributed by atoms with E-state index < -0.39 is 11.9 Å². The van der Waals surface area contributed by atoms with Gasteiger partial charge >= 0.3 is 17.9 Å². The number of ether oxygens (including phenoxy) is 2. The van der Waals surface area contributed by atoms with Gasteiger partial charge in [0.2, 0.25) is 0 Å². The molecule has 0 atom stereocenters. The van der Waals surface area contributed by atoms with Gasteiger partial charge in [-0.1, -0.05) is 13.2 Å². The van der Waals surface area contributed by atoms with Gasteiger partial charge < -0.3 is 14.6 Å². The van der Waals surface area contributed by atoms with Crippen molar-refractivity contribution >= 4 is 17.9 Å². The van der Waals surface area contributed by atoms with Gasteiger partial charge in [-0.05, 0) is 0 Å². The van der Waals surface area contributed by atoms with Crippen molar-refractivity contribution < 1.29 is 29.0 Å². The van der Waals surface area contributed by atoms with E-state index in [1.165, 1.54) is 6.92 Å². The number of aliphatic carboxylic acids is 1. The maximum atomic E-state index is 10.3. The van der Waals surface area contributed by atoms with E-state index >= 15 is 0 Å². The zero-order chi connectivity index (χ0) is 13.0. The molecule has 6 nitrogen and oxygen atoms in total. The first-order valence-corrected chi connectivity index (χ1v) is 3.94. The Kier molecular flexibility index (Phi) is 10.8. The zero-order valence-electron chi connectivity index (χ0n) is 8.71. The minimum Gasteiger partial charge on any atom is -0.478 e. The fraction of sp³-hybridized carbons (Fsp3) is 0.100. The Bertz CT molecular complexity index is 302. The van der Waals surface area contributed by atoms with E-state index in [1.807, 2.05) is 0 Å². The summed E-state index contributed by atoms with van der Waals surface area (Å²) >= 11 is 0. The number of carboxylic acids is 1. The van der Waals surface area contributed by atoms with Gasteiger partial charge in [-0.15, -0.1) is 0 Å². The van der Waals surface area contributed by atoms with Crippen LogP contribution in [0, 0.1) is 0 Å². The van der Waals surface area contributed by atoms with Crippen LogP contribution in [-0.2, 0) is 23.9 Å². The summed E-state index contributed by atoms with van der Waals surface area (Å²) in [6.07, 6.45) is 3.51. The smallest absolute Gasteiger partial charge is 0.335 e. The monoisotopic (exact) mass is 228 g/mol. The molecule has 0 aromatic heterocycles. The lowest BCUT2D eigenvalue weighted by Gasteiger charge is -1.87. The summed E-state index contributed by atoms with van der Waals surface area (Å²) < 4.78 is 8.33. The lowest BCUT2D eigenvalue weighted by Crippen LogP contribution is -1.95. The zero-order valence-corrected chi connectivity index (χ0v) is 8.71. The van der Waals surface area contributed by atoms with Crippen LogP contribution < -0.4 is 0 Å². The molecular formula is C10H12O6. The average molecular weight is 228 g/mol. The highest BCUT2D eigenvalue weighted by molar-refractivity contribution is 5.90. The highest BCUT2D eigenvalue weighted by atomic mass is 16.5. The molecule has 0 saturated carbocycles. The molecule has 0 bridgehead atoms. The maximum Gasteiger partial charge on any atom is 0.335 e. The maximum absolute atomic E-state index is 10.3. The van der Waals surface area contributed by atoms with Crippen LogP contribution in [0.15, 0.2) is 37.8 Å². The lowest BCUT2D eigenvalue weighted by atomic mass is 10.5. The summed E-state index contributed by atoms with van der Waals surface area (Å²) in [6.45, 7) is 7.58. The van der Waals surface area contributed by atoms with E-state index in [-0.39, 0.29) is 5.97 Å². The molecule has 0 amide bonds. The van der Waals surface area contributed by atoms with E-state index in [4.69, 9.17) is 5.11 Å². The molecule has 0 rings (SSSR count). The van der Waals surface area contributed by atoms with Crippen LogP contribution in [0.4, 0.5) is 0 Å². The summed E-state index contributed by atoms with van der Waals surface area (Å²) in [5.41, 5.74) is 0. The van der Waals surface area contributed by atoms with Gasteiger partial charge in [-0.3, -0.25) is 4.79 Å². The summed E-state index contributed by atoms with van der Waals surface area (Å²) in [6, 6.07) is 0. The third-order valence-corrected chi connectivity index (χ3v) is 0.811. The standard InChI is InChI=1S/C6H6O4.C4H6O2/c1-2-10-6(9)4-3-5(7)8;1-3-6-4(2)5/h2-4H,1H2,(H,7,8);3H,1H2,2H3/b4-3+;. The van der Waals surface area contributed by atoms with E-state index in [1.54, 1.807) is 0 Å². The highest BCUT2D eigenvalue weighted by Crippen LogP contribution is 1.80. The van der Waals surface area contributed by atoms with Gasteiger partial charge in [-0.2, -0.15) is 0 Å². The van der Waals surface area contributed by atoms with Crippen LogP contribution in [0.25, 0.3) is 0 Å². The number of carboxylic acid groups (broad SMARTS) is 1. The number of esters is 2. The molecule has 0 aliphatic rings. The van der Waals surface area contributed by atoms with Crippen LogP contribution in [-0.4, -0.2) is 23.0 Å². The molecule has 16 heavy (non-hydrogen) atoms. The van der Waals surface area contributed by atoms with Crippen molar-refractivity contribution in [3.05, 3.63) is 37.8 Å². The van der Waals surface area contributed by atoms with Gasteiger partial charge in [-0.25, -0.2) is 9.59 Å². The molecule has 88 valence electrons. The predicted octanol–water partition coefficient (Wildman–Crippen LogP) is 1.01. The summed E-state index contributed by atoms with van der Waals surface area (Å²) in [7, 11) is 0. The molecular weight excluding hydrogens is 216 g/mol. The molecule has 0 unspecified atom stereocenters. The van der Waals surface area contributed by atoms with Crippen molar-refractivity contribution in [1.82, 2.24) is 0 Å². The minimum absolute atomic E-state index is 0.329. The Morgan fingerprint density at radius 1 is 1.06 bits per heavy atom. The Balaban J connectivity index is 0. The Morgan fingerprint density at radius 3 is 1.81 bits per heavy atom. The first-order chi connectivity index (χ1) is 7.43. The molecule has 0 saturated heterocycles. The third kappa shape index (κ3) is 17.6. The van der Waals surface area contributed by atoms with Crippen molar-refractivity contribution in [2.75, 3.05) is 0 Å². The molecule has 1 N–H and O–H groups in total. The number of hydrogen-bond donors (Lipinski definition) is 1. The Hall–Kier alpha value is -2.37. The van der Waals surface area contributed by atoms with E-state index in [0.29, 0.717) is 6.08 Å². The molecule has 0 heterocycles. The fourth-order valence-corrected chi connectivity index (χ4v) is 0.378. The van der Waals surface area contributed by atoms with Crippen molar-refractivity contribution in [2.24, 2.45) is 0 Å². The second kappa shape index (κ2) is 10.7. The second-order valence-corrected chi connectivity index (χ2v) is 2.05. The van der Waals surface area contributed by atoms with Crippen molar-refractivity contribution in [2.45, 2.75) is 6.92 Å². The topological polar surface area (TPSA) is 89.9 Å². The first kappa shape index (κ1) is 16.1. The molecule has 0 aliphatic carbocycles. The van der Waals surface area contributed by atoms with Crippen LogP contribution >= 0.6 is 0 Å². The Labute approximate surface area is 92.5 Å². The summed E-state index contributed by atoms with van der Waals surface area (Å²) in [4.78, 5) is 29.8. The summed E-state index contributed by atoms with van der Waals surface area (Å²) in [5, 5.41) is 8.01. The highest BCUT2D eigenvalue weighted by Gasteiger charge is 1.93. The van der Waals surface area contributed by atoms with Crippen LogP contribution in [0.1, 0.15) is 6.92 Å². The molecule has 0 spiro atoms.